The van der Waals surface area contributed by atoms with Crippen LogP contribution in [0, 0.1) is 0 Å². The summed E-state index contributed by atoms with van der Waals surface area (Å²) in [4.78, 5) is 23.9. The van der Waals surface area contributed by atoms with Gasteiger partial charge in [-0.3, -0.25) is 0 Å². The highest BCUT2D eigenvalue weighted by Gasteiger charge is 2.31. The molecule has 0 bridgehead atoms. The number of fused-ring (bicyclic) bond motifs is 2. The van der Waals surface area contributed by atoms with Crippen LogP contribution in [0.15, 0.2) is 49.6 Å². The summed E-state index contributed by atoms with van der Waals surface area (Å²) in [5.74, 6) is 0. The molecule has 4 aromatic rings. The maximum absolute atomic E-state index is 13.0. The molecule has 0 amide bonds. The molecule has 4 heterocycles. The van der Waals surface area contributed by atoms with Crippen molar-refractivity contribution in [3.05, 3.63) is 59.9 Å². The first kappa shape index (κ1) is 27.9. The lowest BCUT2D eigenvalue weighted by atomic mass is 10.2. The fraction of sp³-hybridized carbons (Fsp3) is 0.300. The van der Waals surface area contributed by atoms with Crippen molar-refractivity contribution in [1.29, 1.82) is 0 Å². The predicted octanol–water partition coefficient (Wildman–Crippen LogP) is 5.74. The van der Waals surface area contributed by atoms with Gasteiger partial charge in [-0.15, -0.1) is 9.05 Å². The van der Waals surface area contributed by atoms with E-state index in [0.29, 0.717) is 34.5 Å². The Morgan fingerprint density at radius 1 is 0.789 bits per heavy atom. The molecule has 0 spiro atoms. The summed E-state index contributed by atoms with van der Waals surface area (Å²) in [5, 5.41) is 0.234. The first-order valence-corrected chi connectivity index (χ1v) is 12.6. The number of aryl methyl sites for hydroxylation is 2. The van der Waals surface area contributed by atoms with Crippen LogP contribution in [0.3, 0.4) is 0 Å². The second kappa shape index (κ2) is 12.6. The Balaban J connectivity index is 1.40. The molecule has 0 saturated carbocycles. The number of halogens is 6. The van der Waals surface area contributed by atoms with E-state index in [2.05, 4.69) is 29.9 Å². The average molecular weight is 594 g/mol. The van der Waals surface area contributed by atoms with Crippen LogP contribution in [0.1, 0.15) is 12.8 Å². The second-order valence-electron chi connectivity index (χ2n) is 7.55. The van der Waals surface area contributed by atoms with Crippen LogP contribution < -0.4 is 0 Å². The molecule has 18 heteroatoms. The van der Waals surface area contributed by atoms with Gasteiger partial charge < -0.3 is 9.13 Å². The van der Waals surface area contributed by atoms with Crippen LogP contribution in [-0.2, 0) is 26.7 Å². The summed E-state index contributed by atoms with van der Waals surface area (Å²) in [6, 6.07) is 0. The van der Waals surface area contributed by atoms with Crippen molar-refractivity contribution in [2.75, 3.05) is 0 Å². The van der Waals surface area contributed by atoms with Crippen LogP contribution in [0.2, 0.25) is 10.3 Å². The van der Waals surface area contributed by atoms with E-state index in [1.54, 1.807) is 0 Å². The summed E-state index contributed by atoms with van der Waals surface area (Å²) >= 11 is 11.9. The summed E-state index contributed by atoms with van der Waals surface area (Å²) in [5.41, 5.74) is 1.35. The quantitative estimate of drug-likeness (QED) is 0.115. The standard InChI is InChI=1S/C20H16Cl2F4N8O3P/c21-17-15-19(29-7-27-17)33(9-31-15)3-1-11(5-13(23)24)36-38(35)37-12(6-14(25)26)2-4-34-10-32-16-18(22)28-8-30-20(16)34/h5-12H,1-4H2/q+1. The molecular weight excluding hydrogens is 578 g/mol. The maximum atomic E-state index is 13.0. The van der Waals surface area contributed by atoms with Gasteiger partial charge in [0.25, 0.3) is 12.2 Å². The molecule has 0 aromatic carbocycles. The van der Waals surface area contributed by atoms with Gasteiger partial charge in [0.05, 0.1) is 12.7 Å². The van der Waals surface area contributed by atoms with Gasteiger partial charge in [-0.2, -0.15) is 17.6 Å². The SMILES string of the molecule is O=[P+](OC(C=C(F)F)CCn1cnc2c(Cl)ncnc21)OC(C=C(F)F)CCn1cnc2c(Cl)ncnc21. The summed E-state index contributed by atoms with van der Waals surface area (Å²) in [6.45, 7) is 0.143. The molecule has 0 aliphatic rings. The number of imidazole rings is 2. The Kier molecular flexibility index (Phi) is 9.28. The molecule has 0 fully saturated rings. The zero-order valence-electron chi connectivity index (χ0n) is 19.0. The largest absolute Gasteiger partial charge is 0.698 e. The lowest BCUT2D eigenvalue weighted by molar-refractivity contribution is 0.150. The van der Waals surface area contributed by atoms with E-state index in [9.17, 15) is 22.1 Å². The van der Waals surface area contributed by atoms with Gasteiger partial charge in [0.1, 0.15) is 35.9 Å². The summed E-state index contributed by atoms with van der Waals surface area (Å²) in [7, 11) is -3.09. The smallest absolute Gasteiger partial charge is 0.315 e. The van der Waals surface area contributed by atoms with Gasteiger partial charge in [0.2, 0.25) is 0 Å². The van der Waals surface area contributed by atoms with Crippen molar-refractivity contribution >= 4 is 53.8 Å². The molecule has 38 heavy (non-hydrogen) atoms. The van der Waals surface area contributed by atoms with E-state index in [1.807, 2.05) is 0 Å². The van der Waals surface area contributed by atoms with Crippen molar-refractivity contribution in [2.45, 2.75) is 38.1 Å². The topological polar surface area (TPSA) is 123 Å². The van der Waals surface area contributed by atoms with Gasteiger partial charge >= 0.3 is 8.25 Å². The molecule has 0 aliphatic carbocycles. The van der Waals surface area contributed by atoms with E-state index in [0.717, 1.165) is 0 Å². The fourth-order valence-corrected chi connectivity index (χ4v) is 4.60. The Morgan fingerprint density at radius 2 is 1.21 bits per heavy atom. The van der Waals surface area contributed by atoms with Gasteiger partial charge in [-0.05, 0) is 0 Å². The number of rotatable bonds is 12. The van der Waals surface area contributed by atoms with Crippen molar-refractivity contribution in [2.24, 2.45) is 0 Å². The highest BCUT2D eigenvalue weighted by molar-refractivity contribution is 7.33. The van der Waals surface area contributed by atoms with E-state index < -0.39 is 32.6 Å². The van der Waals surface area contributed by atoms with Crippen molar-refractivity contribution in [3.63, 3.8) is 0 Å². The van der Waals surface area contributed by atoms with Gasteiger partial charge in [0.15, 0.2) is 21.6 Å². The summed E-state index contributed by atoms with van der Waals surface area (Å²) < 4.78 is 77.9. The van der Waals surface area contributed by atoms with Crippen LogP contribution in [-0.4, -0.2) is 51.2 Å². The van der Waals surface area contributed by atoms with Gasteiger partial charge in [-0.1, -0.05) is 23.2 Å². The Morgan fingerprint density at radius 3 is 1.61 bits per heavy atom. The number of hydrogen-bond acceptors (Lipinski definition) is 9. The minimum absolute atomic E-state index is 0.0715. The molecule has 200 valence electrons. The molecule has 0 N–H and O–H groups in total. The molecule has 0 radical (unpaired) electrons. The Labute approximate surface area is 222 Å². The molecular formula is C20H16Cl2F4N8O3P+. The van der Waals surface area contributed by atoms with Crippen molar-refractivity contribution < 1.29 is 31.2 Å². The molecule has 2 unspecified atom stereocenters. The molecule has 0 aliphatic heterocycles. The van der Waals surface area contributed by atoms with E-state index >= 15 is 0 Å². The number of nitrogens with zero attached hydrogens (tertiary/aromatic N) is 8. The first-order chi connectivity index (χ1) is 18.2. The predicted molar refractivity (Wildman–Crippen MR) is 128 cm³/mol. The van der Waals surface area contributed by atoms with E-state index in [1.165, 1.54) is 34.4 Å². The van der Waals surface area contributed by atoms with Crippen molar-refractivity contribution in [3.8, 4) is 0 Å². The Hall–Kier alpha value is -3.10. The van der Waals surface area contributed by atoms with E-state index in [-0.39, 0.29) is 36.2 Å². The monoisotopic (exact) mass is 593 g/mol. The zero-order chi connectivity index (χ0) is 27.2. The zero-order valence-corrected chi connectivity index (χ0v) is 21.4. The van der Waals surface area contributed by atoms with Gasteiger partial charge in [0, 0.05) is 42.6 Å². The normalized spacial score (nSPS) is 13.5. The van der Waals surface area contributed by atoms with Crippen LogP contribution in [0.4, 0.5) is 17.6 Å². The number of hydrogen-bond donors (Lipinski definition) is 0. The maximum Gasteiger partial charge on any atom is 0.698 e. The lowest BCUT2D eigenvalue weighted by Crippen LogP contribution is -2.14. The van der Waals surface area contributed by atoms with E-state index in [4.69, 9.17) is 32.2 Å². The average Bonchev–Trinajstić information content (AvgIpc) is 3.46. The van der Waals surface area contributed by atoms with Crippen molar-refractivity contribution in [1.82, 2.24) is 39.0 Å². The highest BCUT2D eigenvalue weighted by Crippen LogP contribution is 2.33. The minimum atomic E-state index is -3.09. The third kappa shape index (κ3) is 7.05. The van der Waals surface area contributed by atoms with Gasteiger partial charge in [-0.25, -0.2) is 29.9 Å². The first-order valence-electron chi connectivity index (χ1n) is 10.7. The van der Waals surface area contributed by atoms with Crippen LogP contribution in [0.5, 0.6) is 0 Å². The second-order valence-corrected chi connectivity index (χ2v) is 9.14. The third-order valence-electron chi connectivity index (χ3n) is 5.09. The molecule has 4 rings (SSSR count). The third-order valence-corrected chi connectivity index (χ3v) is 6.53. The lowest BCUT2D eigenvalue weighted by Gasteiger charge is -2.10. The van der Waals surface area contributed by atoms with Crippen LogP contribution in [0.25, 0.3) is 22.3 Å². The fourth-order valence-electron chi connectivity index (χ4n) is 3.42. The number of aromatic nitrogens is 8. The highest BCUT2D eigenvalue weighted by atomic mass is 35.5. The Bertz CT molecular complexity index is 1400. The molecule has 11 nitrogen and oxygen atoms in total. The molecule has 2 atom stereocenters. The summed E-state index contributed by atoms with van der Waals surface area (Å²) in [6.07, 6.45) is -1.04. The molecule has 0 saturated heterocycles. The van der Waals surface area contributed by atoms with Crippen LogP contribution >= 0.6 is 31.5 Å². The molecule has 4 aromatic heterocycles. The minimum Gasteiger partial charge on any atom is -0.315 e.